The van der Waals surface area contributed by atoms with Crippen molar-refractivity contribution in [3.63, 3.8) is 0 Å². The van der Waals surface area contributed by atoms with Gasteiger partial charge in [0.05, 0.1) is 4.88 Å². The summed E-state index contributed by atoms with van der Waals surface area (Å²) in [6.45, 7) is 5.24. The minimum atomic E-state index is -0.257. The lowest BCUT2D eigenvalue weighted by Crippen LogP contribution is -2.48. The van der Waals surface area contributed by atoms with Crippen LogP contribution in [0, 0.1) is 18.8 Å². The molecule has 0 radical (unpaired) electrons. The molecule has 4 rings (SSSR count). The topological polar surface area (TPSA) is 78.5 Å². The second-order valence-electron chi connectivity index (χ2n) is 8.73. The van der Waals surface area contributed by atoms with E-state index in [2.05, 4.69) is 17.8 Å². The van der Waals surface area contributed by atoms with Crippen molar-refractivity contribution in [2.45, 2.75) is 46.0 Å². The highest BCUT2D eigenvalue weighted by molar-refractivity contribution is 7.14. The molecule has 31 heavy (non-hydrogen) atoms. The van der Waals surface area contributed by atoms with E-state index in [4.69, 9.17) is 0 Å². The minimum absolute atomic E-state index is 0.0150. The molecule has 2 N–H and O–H groups in total. The van der Waals surface area contributed by atoms with Gasteiger partial charge in [0.2, 0.25) is 5.91 Å². The molecule has 1 fully saturated rings. The number of fused-ring (bicyclic) bond motifs is 1. The van der Waals surface area contributed by atoms with Crippen LogP contribution >= 0.6 is 11.3 Å². The molecular formula is C24H29N3O3S. The van der Waals surface area contributed by atoms with Crippen LogP contribution in [-0.2, 0) is 17.6 Å². The molecule has 6 nitrogen and oxygen atoms in total. The Morgan fingerprint density at radius 3 is 2.55 bits per heavy atom. The number of hydrogen-bond donors (Lipinski definition) is 2. The maximum atomic E-state index is 12.7. The first-order chi connectivity index (χ1) is 14.9. The number of hydrazine groups is 1. The third-order valence-electron chi connectivity index (χ3n) is 6.38. The summed E-state index contributed by atoms with van der Waals surface area (Å²) in [4.78, 5) is 41.5. The number of thiophene rings is 1. The van der Waals surface area contributed by atoms with Crippen molar-refractivity contribution in [2.24, 2.45) is 11.8 Å². The lowest BCUT2D eigenvalue weighted by Gasteiger charge is -2.31. The molecule has 1 aliphatic carbocycles. The van der Waals surface area contributed by atoms with Crippen LogP contribution in [0.1, 0.15) is 62.2 Å². The molecular weight excluding hydrogens is 410 g/mol. The van der Waals surface area contributed by atoms with Gasteiger partial charge in [-0.15, -0.1) is 11.3 Å². The Morgan fingerprint density at radius 1 is 1.06 bits per heavy atom. The summed E-state index contributed by atoms with van der Waals surface area (Å²) in [5, 5.41) is 0. The summed E-state index contributed by atoms with van der Waals surface area (Å²) in [6, 6.07) is 9.53. The maximum absolute atomic E-state index is 12.7. The van der Waals surface area contributed by atoms with E-state index in [0.29, 0.717) is 42.3 Å². The van der Waals surface area contributed by atoms with Crippen LogP contribution in [-0.4, -0.2) is 35.7 Å². The van der Waals surface area contributed by atoms with Gasteiger partial charge in [0, 0.05) is 29.4 Å². The van der Waals surface area contributed by atoms with Crippen LogP contribution in [0.3, 0.4) is 0 Å². The van der Waals surface area contributed by atoms with Gasteiger partial charge in [0.25, 0.3) is 11.8 Å². The molecule has 1 aromatic heterocycles. The number of carbonyl (C=O) groups excluding carboxylic acids is 3. The lowest BCUT2D eigenvalue weighted by atomic mass is 9.90. The van der Waals surface area contributed by atoms with Gasteiger partial charge >= 0.3 is 0 Å². The van der Waals surface area contributed by atoms with E-state index in [9.17, 15) is 14.4 Å². The van der Waals surface area contributed by atoms with E-state index in [0.717, 1.165) is 24.8 Å². The van der Waals surface area contributed by atoms with Crippen LogP contribution in [0.25, 0.3) is 0 Å². The van der Waals surface area contributed by atoms with Crippen LogP contribution in [0.4, 0.5) is 0 Å². The van der Waals surface area contributed by atoms with Gasteiger partial charge in [-0.2, -0.15) is 0 Å². The molecule has 2 aromatic rings. The number of rotatable bonds is 3. The third kappa shape index (κ3) is 4.82. The highest BCUT2D eigenvalue weighted by atomic mass is 32.1. The fourth-order valence-electron chi connectivity index (χ4n) is 4.43. The number of benzene rings is 1. The smallest absolute Gasteiger partial charge is 0.279 e. The first-order valence-electron chi connectivity index (χ1n) is 11.0. The summed E-state index contributed by atoms with van der Waals surface area (Å²) in [7, 11) is 0. The molecule has 2 heterocycles. The Balaban J connectivity index is 1.26. The van der Waals surface area contributed by atoms with E-state index in [-0.39, 0.29) is 23.6 Å². The molecule has 1 atom stereocenters. The fourth-order valence-corrected chi connectivity index (χ4v) is 5.53. The van der Waals surface area contributed by atoms with Crippen LogP contribution in [0.5, 0.6) is 0 Å². The van der Waals surface area contributed by atoms with E-state index in [1.807, 2.05) is 42.2 Å². The summed E-state index contributed by atoms with van der Waals surface area (Å²) < 4.78 is 0. The van der Waals surface area contributed by atoms with E-state index in [1.54, 1.807) is 0 Å². The normalized spacial score (nSPS) is 18.9. The molecule has 1 aliphatic heterocycles. The van der Waals surface area contributed by atoms with Crippen LogP contribution < -0.4 is 10.9 Å². The second-order valence-corrected chi connectivity index (χ2v) is 9.87. The first kappa shape index (κ1) is 21.6. The van der Waals surface area contributed by atoms with Crippen molar-refractivity contribution in [1.29, 1.82) is 0 Å². The zero-order valence-corrected chi connectivity index (χ0v) is 18.9. The zero-order chi connectivity index (χ0) is 22.0. The van der Waals surface area contributed by atoms with Gasteiger partial charge in [-0.25, -0.2) is 0 Å². The number of likely N-dealkylation sites (tertiary alicyclic amines) is 1. The van der Waals surface area contributed by atoms with Crippen molar-refractivity contribution >= 4 is 29.1 Å². The number of nitrogens with zero attached hydrogens (tertiary/aromatic N) is 1. The average molecular weight is 440 g/mol. The average Bonchev–Trinajstić information content (AvgIpc) is 3.20. The number of nitrogens with one attached hydrogen (secondary N) is 2. The molecule has 7 heteroatoms. The Hall–Kier alpha value is -2.67. The minimum Gasteiger partial charge on any atom is -0.339 e. The van der Waals surface area contributed by atoms with Crippen molar-refractivity contribution in [2.75, 3.05) is 13.1 Å². The number of carbonyl (C=O) groups is 3. The van der Waals surface area contributed by atoms with Crippen LogP contribution in [0.2, 0.25) is 0 Å². The maximum Gasteiger partial charge on any atom is 0.279 e. The first-order valence-corrected chi connectivity index (χ1v) is 11.8. The summed E-state index contributed by atoms with van der Waals surface area (Å²) in [5.74, 6) is 0.0139. The number of amides is 3. The summed E-state index contributed by atoms with van der Waals surface area (Å²) in [5.41, 5.74) is 8.11. The quantitative estimate of drug-likeness (QED) is 0.719. The van der Waals surface area contributed by atoms with Crippen LogP contribution in [0.15, 0.2) is 30.3 Å². The van der Waals surface area contributed by atoms with Gasteiger partial charge in [-0.1, -0.05) is 25.1 Å². The Labute approximate surface area is 187 Å². The van der Waals surface area contributed by atoms with Gasteiger partial charge in [-0.3, -0.25) is 25.2 Å². The van der Waals surface area contributed by atoms with Crippen molar-refractivity contribution in [1.82, 2.24) is 15.8 Å². The Kier molecular flexibility index (Phi) is 6.41. The number of hydrogen-bond acceptors (Lipinski definition) is 4. The Bertz CT molecular complexity index is 992. The standard InChI is InChI=1S/C24H29N3O3S/c1-15-7-8-20-18(13-15)14-21(31-20)23(29)26-25-22(28)17-9-11-27(12-10-17)24(30)19-6-4-3-5-16(19)2/h3-6,14-15,17H,7-13H2,1-2H3,(H,25,28)(H,26,29)/t15-/m1/s1. The molecule has 0 unspecified atom stereocenters. The third-order valence-corrected chi connectivity index (χ3v) is 7.62. The molecule has 0 bridgehead atoms. The predicted octanol–water partition coefficient (Wildman–Crippen LogP) is 3.49. The highest BCUT2D eigenvalue weighted by Crippen LogP contribution is 2.32. The second kappa shape index (κ2) is 9.22. The van der Waals surface area contributed by atoms with Gasteiger partial charge in [0.1, 0.15) is 0 Å². The van der Waals surface area contributed by atoms with Gasteiger partial charge in [-0.05, 0) is 68.2 Å². The SMILES string of the molecule is Cc1ccccc1C(=O)N1CCC(C(=O)NNC(=O)c2cc3c(s2)CC[C@@H](C)C3)CC1. The fraction of sp³-hybridized carbons (Fsp3) is 0.458. The monoisotopic (exact) mass is 439 g/mol. The molecule has 1 aromatic carbocycles. The number of piperidine rings is 1. The summed E-state index contributed by atoms with van der Waals surface area (Å²) >= 11 is 1.53. The molecule has 3 amide bonds. The van der Waals surface area contributed by atoms with Crippen molar-refractivity contribution < 1.29 is 14.4 Å². The van der Waals surface area contributed by atoms with E-state index >= 15 is 0 Å². The molecule has 2 aliphatic rings. The van der Waals surface area contributed by atoms with Gasteiger partial charge in [0.15, 0.2) is 0 Å². The number of aryl methyl sites for hydroxylation is 2. The molecule has 1 saturated heterocycles. The molecule has 0 saturated carbocycles. The summed E-state index contributed by atoms with van der Waals surface area (Å²) in [6.07, 6.45) is 4.39. The lowest BCUT2D eigenvalue weighted by molar-refractivity contribution is -0.127. The highest BCUT2D eigenvalue weighted by Gasteiger charge is 2.29. The largest absolute Gasteiger partial charge is 0.339 e. The Morgan fingerprint density at radius 2 is 1.81 bits per heavy atom. The predicted molar refractivity (Wildman–Crippen MR) is 121 cm³/mol. The molecule has 0 spiro atoms. The van der Waals surface area contributed by atoms with E-state index in [1.165, 1.54) is 21.8 Å². The van der Waals surface area contributed by atoms with Crippen molar-refractivity contribution in [3.8, 4) is 0 Å². The zero-order valence-electron chi connectivity index (χ0n) is 18.1. The van der Waals surface area contributed by atoms with Crippen molar-refractivity contribution in [3.05, 3.63) is 56.8 Å². The molecule has 164 valence electrons. The van der Waals surface area contributed by atoms with E-state index < -0.39 is 0 Å². The van der Waals surface area contributed by atoms with Gasteiger partial charge < -0.3 is 4.90 Å².